The summed E-state index contributed by atoms with van der Waals surface area (Å²) in [6.07, 6.45) is 6.73. The van der Waals surface area contributed by atoms with Crippen LogP contribution in [0.4, 0.5) is 0 Å². The van der Waals surface area contributed by atoms with E-state index in [1.165, 1.54) is 31.5 Å². The molecule has 0 radical (unpaired) electrons. The Morgan fingerprint density at radius 1 is 0.967 bits per heavy atom. The number of nitrogens with zero attached hydrogens (tertiary/aromatic N) is 2. The number of hydrogen-bond acceptors (Lipinski definition) is 3. The summed E-state index contributed by atoms with van der Waals surface area (Å²) in [4.78, 5) is 28.4. The zero-order valence-corrected chi connectivity index (χ0v) is 19.0. The van der Waals surface area contributed by atoms with E-state index in [9.17, 15) is 9.59 Å². The Morgan fingerprint density at radius 2 is 1.57 bits per heavy atom. The second-order valence-electron chi connectivity index (χ2n) is 9.47. The standard InChI is InChI=1S/C25H39N3O2/c1-19(2)27-14-9-21(10-15-27)8-13-26-25(30)24-6-4-22(5-7-24)18-23-11-16-28(17-12-23)20(3)29/h4-7,19,21,23H,8-18H2,1-3H3,(H,26,30). The van der Waals surface area contributed by atoms with Gasteiger partial charge in [-0.25, -0.2) is 0 Å². The first kappa shape index (κ1) is 22.8. The van der Waals surface area contributed by atoms with E-state index < -0.39 is 0 Å². The summed E-state index contributed by atoms with van der Waals surface area (Å²) in [6, 6.07) is 8.73. The van der Waals surface area contributed by atoms with Crippen molar-refractivity contribution in [2.24, 2.45) is 11.8 Å². The monoisotopic (exact) mass is 413 g/mol. The first-order valence-electron chi connectivity index (χ1n) is 11.8. The van der Waals surface area contributed by atoms with Gasteiger partial charge in [0, 0.05) is 38.2 Å². The lowest BCUT2D eigenvalue weighted by molar-refractivity contribution is -0.130. The number of piperidine rings is 2. The van der Waals surface area contributed by atoms with Crippen LogP contribution in [0.15, 0.2) is 24.3 Å². The molecule has 0 bridgehead atoms. The molecule has 30 heavy (non-hydrogen) atoms. The lowest BCUT2D eigenvalue weighted by Crippen LogP contribution is -2.39. The van der Waals surface area contributed by atoms with E-state index in [1.54, 1.807) is 6.92 Å². The van der Waals surface area contributed by atoms with Gasteiger partial charge in [0.25, 0.3) is 5.91 Å². The SMILES string of the molecule is CC(=O)N1CCC(Cc2ccc(C(=O)NCCC3CCN(C(C)C)CC3)cc2)CC1. The average molecular weight is 414 g/mol. The molecule has 2 fully saturated rings. The van der Waals surface area contributed by atoms with Gasteiger partial charge in [0.2, 0.25) is 5.91 Å². The molecule has 0 spiro atoms. The van der Waals surface area contributed by atoms with Gasteiger partial charge < -0.3 is 15.1 Å². The van der Waals surface area contributed by atoms with Gasteiger partial charge in [-0.05, 0) is 95.0 Å². The molecule has 1 aromatic rings. The van der Waals surface area contributed by atoms with Gasteiger partial charge >= 0.3 is 0 Å². The fourth-order valence-electron chi connectivity index (χ4n) is 4.83. The van der Waals surface area contributed by atoms with Crippen molar-refractivity contribution in [1.29, 1.82) is 0 Å². The second kappa shape index (κ2) is 10.9. The molecule has 5 nitrogen and oxygen atoms in total. The Bertz CT molecular complexity index is 685. The molecule has 2 amide bonds. The number of rotatable bonds is 7. The van der Waals surface area contributed by atoms with Crippen LogP contribution >= 0.6 is 0 Å². The number of likely N-dealkylation sites (tertiary alicyclic amines) is 2. The number of carbonyl (C=O) groups excluding carboxylic acids is 2. The minimum absolute atomic E-state index is 0.0379. The highest BCUT2D eigenvalue weighted by atomic mass is 16.2. The third-order valence-corrected chi connectivity index (χ3v) is 7.02. The number of amides is 2. The Labute approximate surface area is 182 Å². The zero-order chi connectivity index (χ0) is 21.5. The normalized spacial score (nSPS) is 19.3. The lowest BCUT2D eigenvalue weighted by Gasteiger charge is -2.34. The van der Waals surface area contributed by atoms with Crippen molar-refractivity contribution >= 4 is 11.8 Å². The van der Waals surface area contributed by atoms with Crippen LogP contribution in [0.5, 0.6) is 0 Å². The van der Waals surface area contributed by atoms with Gasteiger partial charge in [0.05, 0.1) is 0 Å². The predicted octanol–water partition coefficient (Wildman–Crippen LogP) is 3.73. The van der Waals surface area contributed by atoms with Gasteiger partial charge in [0.1, 0.15) is 0 Å². The third-order valence-electron chi connectivity index (χ3n) is 7.02. The molecule has 1 N–H and O–H groups in total. The van der Waals surface area contributed by atoms with Crippen LogP contribution in [0.25, 0.3) is 0 Å². The molecule has 1 aromatic carbocycles. The molecular weight excluding hydrogens is 374 g/mol. The highest BCUT2D eigenvalue weighted by Gasteiger charge is 2.22. The second-order valence-corrected chi connectivity index (χ2v) is 9.47. The highest BCUT2D eigenvalue weighted by Crippen LogP contribution is 2.23. The Kier molecular flexibility index (Phi) is 8.32. The van der Waals surface area contributed by atoms with Gasteiger partial charge in [-0.2, -0.15) is 0 Å². The van der Waals surface area contributed by atoms with E-state index >= 15 is 0 Å². The van der Waals surface area contributed by atoms with Crippen LogP contribution in [0, 0.1) is 11.8 Å². The maximum atomic E-state index is 12.5. The van der Waals surface area contributed by atoms with Crippen molar-refractivity contribution in [2.75, 3.05) is 32.7 Å². The smallest absolute Gasteiger partial charge is 0.251 e. The molecular formula is C25H39N3O2. The summed E-state index contributed by atoms with van der Waals surface area (Å²) in [5, 5.41) is 3.11. The van der Waals surface area contributed by atoms with Crippen molar-refractivity contribution < 1.29 is 9.59 Å². The van der Waals surface area contributed by atoms with Gasteiger partial charge in [-0.1, -0.05) is 12.1 Å². The third kappa shape index (κ3) is 6.56. The summed E-state index contributed by atoms with van der Waals surface area (Å²) in [5.41, 5.74) is 2.03. The van der Waals surface area contributed by atoms with Crippen molar-refractivity contribution in [3.63, 3.8) is 0 Å². The lowest BCUT2D eigenvalue weighted by atomic mass is 9.90. The predicted molar refractivity (Wildman–Crippen MR) is 122 cm³/mol. The van der Waals surface area contributed by atoms with E-state index in [4.69, 9.17) is 0 Å². The van der Waals surface area contributed by atoms with Gasteiger partial charge in [-0.3, -0.25) is 9.59 Å². The summed E-state index contributed by atoms with van der Waals surface area (Å²) in [6.45, 7) is 11.1. The van der Waals surface area contributed by atoms with E-state index in [0.29, 0.717) is 12.0 Å². The van der Waals surface area contributed by atoms with E-state index in [2.05, 4.69) is 36.2 Å². The number of hydrogen-bond donors (Lipinski definition) is 1. The molecule has 0 atom stereocenters. The van der Waals surface area contributed by atoms with Crippen LogP contribution in [0.2, 0.25) is 0 Å². The largest absolute Gasteiger partial charge is 0.352 e. The number of nitrogens with one attached hydrogen (secondary N) is 1. The van der Waals surface area contributed by atoms with E-state index in [1.807, 2.05) is 17.0 Å². The summed E-state index contributed by atoms with van der Waals surface area (Å²) < 4.78 is 0. The Morgan fingerprint density at radius 3 is 2.13 bits per heavy atom. The van der Waals surface area contributed by atoms with Crippen molar-refractivity contribution in [2.45, 2.75) is 65.3 Å². The Balaban J connectivity index is 1.36. The molecule has 2 aliphatic rings. The molecule has 2 heterocycles. The fourth-order valence-corrected chi connectivity index (χ4v) is 4.83. The maximum absolute atomic E-state index is 12.5. The Hall–Kier alpha value is -1.88. The first-order valence-corrected chi connectivity index (χ1v) is 11.8. The summed E-state index contributed by atoms with van der Waals surface area (Å²) in [5.74, 6) is 1.58. The molecule has 5 heteroatoms. The first-order chi connectivity index (χ1) is 14.4. The number of carbonyl (C=O) groups is 2. The molecule has 0 aliphatic carbocycles. The van der Waals surface area contributed by atoms with Crippen LogP contribution in [0.3, 0.4) is 0 Å². The molecule has 2 aliphatic heterocycles. The maximum Gasteiger partial charge on any atom is 0.251 e. The van der Waals surface area contributed by atoms with Gasteiger partial charge in [-0.15, -0.1) is 0 Å². The van der Waals surface area contributed by atoms with Gasteiger partial charge in [0.15, 0.2) is 0 Å². The molecule has 3 rings (SSSR count). The van der Waals surface area contributed by atoms with Crippen molar-refractivity contribution in [3.8, 4) is 0 Å². The quantitative estimate of drug-likeness (QED) is 0.741. The molecule has 166 valence electrons. The number of benzene rings is 1. The molecule has 2 saturated heterocycles. The van der Waals surface area contributed by atoms with E-state index in [0.717, 1.165) is 56.8 Å². The fraction of sp³-hybridized carbons (Fsp3) is 0.680. The van der Waals surface area contributed by atoms with Crippen LogP contribution in [-0.2, 0) is 11.2 Å². The van der Waals surface area contributed by atoms with Crippen molar-refractivity contribution in [1.82, 2.24) is 15.1 Å². The summed E-state index contributed by atoms with van der Waals surface area (Å²) in [7, 11) is 0. The minimum atomic E-state index is 0.0379. The zero-order valence-electron chi connectivity index (χ0n) is 19.0. The van der Waals surface area contributed by atoms with Crippen LogP contribution < -0.4 is 5.32 Å². The molecule has 0 unspecified atom stereocenters. The molecule has 0 saturated carbocycles. The van der Waals surface area contributed by atoms with Crippen molar-refractivity contribution in [3.05, 3.63) is 35.4 Å². The average Bonchev–Trinajstić information content (AvgIpc) is 2.75. The topological polar surface area (TPSA) is 52.7 Å². The van der Waals surface area contributed by atoms with Crippen LogP contribution in [-0.4, -0.2) is 60.4 Å². The summed E-state index contributed by atoms with van der Waals surface area (Å²) >= 11 is 0. The highest BCUT2D eigenvalue weighted by molar-refractivity contribution is 5.94. The minimum Gasteiger partial charge on any atom is -0.352 e. The van der Waals surface area contributed by atoms with E-state index in [-0.39, 0.29) is 11.8 Å². The van der Waals surface area contributed by atoms with Crippen LogP contribution in [0.1, 0.15) is 68.8 Å². The molecule has 0 aromatic heterocycles.